The zero-order chi connectivity index (χ0) is 20.9. The van der Waals surface area contributed by atoms with Gasteiger partial charge in [-0.25, -0.2) is 9.97 Å². The molecule has 6 nitrogen and oxygen atoms in total. The van der Waals surface area contributed by atoms with Crippen molar-refractivity contribution in [1.29, 1.82) is 0 Å². The molecule has 0 bridgehead atoms. The van der Waals surface area contributed by atoms with Crippen molar-refractivity contribution >= 4 is 33.3 Å². The third-order valence-electron chi connectivity index (χ3n) is 4.64. The number of hydrogen-bond acceptors (Lipinski definition) is 5. The lowest BCUT2D eigenvalue weighted by molar-refractivity contribution is -0.118. The zero-order valence-corrected chi connectivity index (χ0v) is 17.1. The summed E-state index contributed by atoms with van der Waals surface area (Å²) in [5.74, 6) is 0.398. The van der Waals surface area contributed by atoms with Crippen LogP contribution in [0.3, 0.4) is 0 Å². The highest BCUT2D eigenvalue weighted by molar-refractivity contribution is 7.14. The molecule has 0 spiro atoms. The molecule has 30 heavy (non-hydrogen) atoms. The maximum Gasteiger partial charge on any atom is 0.258 e. The smallest absolute Gasteiger partial charge is 0.258 e. The van der Waals surface area contributed by atoms with E-state index in [1.165, 1.54) is 11.3 Å². The van der Waals surface area contributed by atoms with Crippen LogP contribution >= 0.6 is 11.3 Å². The molecule has 0 saturated heterocycles. The molecule has 0 saturated carbocycles. The summed E-state index contributed by atoms with van der Waals surface area (Å²) in [5, 5.41) is 3.10. The first kappa shape index (κ1) is 19.7. The molecule has 0 unspecified atom stereocenters. The quantitative estimate of drug-likeness (QED) is 0.458. The summed E-state index contributed by atoms with van der Waals surface area (Å²) in [7, 11) is 0. The van der Waals surface area contributed by atoms with Gasteiger partial charge in [-0.05, 0) is 12.1 Å². The number of nitrogens with zero attached hydrogens (tertiary/aromatic N) is 3. The van der Waals surface area contributed by atoms with Crippen LogP contribution < -0.4 is 10.5 Å². The van der Waals surface area contributed by atoms with Crippen LogP contribution in [0.15, 0.2) is 77.4 Å². The van der Waals surface area contributed by atoms with Gasteiger partial charge in [0.2, 0.25) is 5.91 Å². The van der Waals surface area contributed by atoms with Crippen molar-refractivity contribution in [2.45, 2.75) is 12.8 Å². The average molecular weight is 417 g/mol. The molecular weight excluding hydrogens is 396 g/mol. The van der Waals surface area contributed by atoms with Gasteiger partial charge in [0, 0.05) is 30.3 Å². The van der Waals surface area contributed by atoms with Crippen molar-refractivity contribution in [1.82, 2.24) is 15.0 Å². The molecule has 0 fully saturated rings. The number of carbonyl (C=O) groups excluding carboxylic acids is 1. The number of anilines is 1. The number of rotatable bonds is 7. The highest BCUT2D eigenvalue weighted by Gasteiger charge is 2.19. The van der Waals surface area contributed by atoms with E-state index in [1.807, 2.05) is 41.8 Å². The van der Waals surface area contributed by atoms with Crippen LogP contribution in [0.2, 0.25) is 0 Å². The minimum atomic E-state index is -0.196. The van der Waals surface area contributed by atoms with E-state index in [0.717, 1.165) is 11.3 Å². The van der Waals surface area contributed by atoms with Gasteiger partial charge in [-0.3, -0.25) is 14.5 Å². The van der Waals surface area contributed by atoms with E-state index in [2.05, 4.69) is 21.5 Å². The van der Waals surface area contributed by atoms with Crippen LogP contribution in [0, 0.1) is 0 Å². The second kappa shape index (κ2) is 8.84. The lowest BCUT2D eigenvalue weighted by Gasteiger charge is -2.18. The second-order valence-electron chi connectivity index (χ2n) is 6.70. The summed E-state index contributed by atoms with van der Waals surface area (Å²) in [6.45, 7) is 4.12. The number of para-hydroxylation sites is 1. The Morgan fingerprint density at radius 3 is 2.67 bits per heavy atom. The lowest BCUT2D eigenvalue weighted by Crippen LogP contribution is -2.31. The fourth-order valence-corrected chi connectivity index (χ4v) is 4.02. The van der Waals surface area contributed by atoms with Gasteiger partial charge in [-0.2, -0.15) is 0 Å². The molecule has 2 aromatic carbocycles. The van der Waals surface area contributed by atoms with Gasteiger partial charge < -0.3 is 4.98 Å². The third-order valence-corrected chi connectivity index (χ3v) is 5.51. The first-order valence-electron chi connectivity index (χ1n) is 9.56. The Balaban J connectivity index is 1.51. The van der Waals surface area contributed by atoms with E-state index in [0.29, 0.717) is 34.8 Å². The van der Waals surface area contributed by atoms with E-state index in [4.69, 9.17) is 0 Å². The Morgan fingerprint density at radius 1 is 1.10 bits per heavy atom. The minimum Gasteiger partial charge on any atom is -0.310 e. The molecule has 2 heterocycles. The number of carbonyl (C=O) groups is 1. The van der Waals surface area contributed by atoms with Crippen molar-refractivity contribution in [3.63, 3.8) is 0 Å². The number of thiazole rings is 1. The number of H-pyrrole nitrogens is 1. The molecule has 0 aliphatic carbocycles. The monoisotopic (exact) mass is 416 g/mol. The molecule has 1 amide bonds. The van der Waals surface area contributed by atoms with Crippen LogP contribution in [0.25, 0.3) is 22.2 Å². The number of hydrogen-bond donors (Lipinski definition) is 1. The van der Waals surface area contributed by atoms with Gasteiger partial charge in [0.25, 0.3) is 5.56 Å². The molecule has 0 radical (unpaired) electrons. The Labute approximate surface area is 177 Å². The van der Waals surface area contributed by atoms with E-state index in [9.17, 15) is 9.59 Å². The summed E-state index contributed by atoms with van der Waals surface area (Å²) in [6.07, 6.45) is 2.22. The normalized spacial score (nSPS) is 10.8. The van der Waals surface area contributed by atoms with Crippen LogP contribution in [0.5, 0.6) is 0 Å². The van der Waals surface area contributed by atoms with Gasteiger partial charge in [-0.15, -0.1) is 17.9 Å². The summed E-state index contributed by atoms with van der Waals surface area (Å²) in [5.41, 5.74) is 2.26. The van der Waals surface area contributed by atoms with Crippen LogP contribution in [-0.4, -0.2) is 27.4 Å². The molecule has 1 N–H and O–H groups in total. The Kier molecular flexibility index (Phi) is 5.81. The van der Waals surface area contributed by atoms with Gasteiger partial charge in [0.15, 0.2) is 5.13 Å². The predicted molar refractivity (Wildman–Crippen MR) is 121 cm³/mol. The molecule has 150 valence electrons. The van der Waals surface area contributed by atoms with Crippen molar-refractivity contribution in [3.05, 3.63) is 88.8 Å². The fraction of sp³-hybridized carbons (Fsp3) is 0.130. The summed E-state index contributed by atoms with van der Waals surface area (Å²) < 4.78 is 0. The maximum atomic E-state index is 12.9. The Morgan fingerprint density at radius 2 is 1.87 bits per heavy atom. The van der Waals surface area contributed by atoms with Gasteiger partial charge in [0.1, 0.15) is 5.82 Å². The highest BCUT2D eigenvalue weighted by Crippen LogP contribution is 2.28. The molecule has 4 rings (SSSR count). The number of aromatic nitrogens is 3. The average Bonchev–Trinajstić information content (AvgIpc) is 3.26. The first-order chi connectivity index (χ1) is 14.7. The second-order valence-corrected chi connectivity index (χ2v) is 7.54. The number of aromatic amines is 1. The fourth-order valence-electron chi connectivity index (χ4n) is 3.16. The van der Waals surface area contributed by atoms with Crippen molar-refractivity contribution < 1.29 is 4.79 Å². The predicted octanol–water partition coefficient (Wildman–Crippen LogP) is 4.20. The number of benzene rings is 2. The molecule has 2 aromatic heterocycles. The largest absolute Gasteiger partial charge is 0.310 e. The summed E-state index contributed by atoms with van der Waals surface area (Å²) >= 11 is 1.42. The summed E-state index contributed by atoms with van der Waals surface area (Å²) in [4.78, 5) is 38.6. The van der Waals surface area contributed by atoms with E-state index >= 15 is 0 Å². The van der Waals surface area contributed by atoms with E-state index < -0.39 is 0 Å². The molecule has 0 atom stereocenters. The number of fused-ring (bicyclic) bond motifs is 1. The molecular formula is C23H20N4O2S. The van der Waals surface area contributed by atoms with Gasteiger partial charge >= 0.3 is 0 Å². The number of amides is 1. The minimum absolute atomic E-state index is 0.0975. The third kappa shape index (κ3) is 4.21. The zero-order valence-electron chi connectivity index (χ0n) is 16.2. The van der Waals surface area contributed by atoms with Crippen LogP contribution in [-0.2, 0) is 11.2 Å². The Bertz CT molecular complexity index is 1250. The van der Waals surface area contributed by atoms with Crippen molar-refractivity contribution in [2.75, 3.05) is 11.4 Å². The van der Waals surface area contributed by atoms with E-state index in [-0.39, 0.29) is 17.9 Å². The topological polar surface area (TPSA) is 79.0 Å². The van der Waals surface area contributed by atoms with Crippen molar-refractivity contribution in [2.24, 2.45) is 0 Å². The highest BCUT2D eigenvalue weighted by atomic mass is 32.1. The van der Waals surface area contributed by atoms with Crippen LogP contribution in [0.4, 0.5) is 5.13 Å². The maximum absolute atomic E-state index is 12.9. The molecule has 0 aliphatic heterocycles. The number of aryl methyl sites for hydroxylation is 1. The van der Waals surface area contributed by atoms with Gasteiger partial charge in [-0.1, -0.05) is 48.5 Å². The van der Waals surface area contributed by atoms with Crippen molar-refractivity contribution in [3.8, 4) is 11.3 Å². The first-order valence-corrected chi connectivity index (χ1v) is 10.4. The SMILES string of the molecule is C=CCN(C(=O)CCc1nc2ccccc2c(=O)[nH]1)c1nc(-c2ccccc2)cs1. The lowest BCUT2D eigenvalue weighted by atomic mass is 10.2. The standard InChI is InChI=1S/C23H20N4O2S/c1-2-14-27(23-25-19(15-30-23)16-8-4-3-5-9-16)21(28)13-12-20-24-18-11-7-6-10-17(18)22(29)26-20/h2-11,15H,1,12-14H2,(H,24,26,29). The summed E-state index contributed by atoms with van der Waals surface area (Å²) in [6, 6.07) is 17.0. The van der Waals surface area contributed by atoms with E-state index in [1.54, 1.807) is 29.2 Å². The molecule has 7 heteroatoms. The Hall–Kier alpha value is -3.58. The molecule has 0 aliphatic rings. The number of nitrogens with one attached hydrogen (secondary N) is 1. The molecule has 4 aromatic rings. The van der Waals surface area contributed by atoms with Crippen LogP contribution in [0.1, 0.15) is 12.2 Å². The van der Waals surface area contributed by atoms with Gasteiger partial charge in [0.05, 0.1) is 16.6 Å².